The minimum Gasteiger partial charge on any atom is -0.497 e. The molecule has 0 aliphatic carbocycles. The Hall–Kier alpha value is -2.78. The average molecular weight is 451 g/mol. The molecule has 1 amide bonds. The molecule has 0 bridgehead atoms. The first-order valence-corrected chi connectivity index (χ1v) is 10.4. The van der Waals surface area contributed by atoms with Gasteiger partial charge >= 0.3 is 0 Å². The van der Waals surface area contributed by atoms with Crippen molar-refractivity contribution in [1.82, 2.24) is 14.8 Å². The van der Waals surface area contributed by atoms with E-state index >= 15 is 0 Å². The number of hydrogen-bond donors (Lipinski definition) is 1. The van der Waals surface area contributed by atoms with Crippen molar-refractivity contribution in [2.75, 3.05) is 18.2 Å². The maximum absolute atomic E-state index is 13.3. The van der Waals surface area contributed by atoms with Crippen molar-refractivity contribution in [3.63, 3.8) is 0 Å². The molecule has 1 aromatic heterocycles. The summed E-state index contributed by atoms with van der Waals surface area (Å²) in [6.07, 6.45) is 0. The average Bonchev–Trinajstić information content (AvgIpc) is 3.15. The first kappa shape index (κ1) is 21.9. The monoisotopic (exact) mass is 450 g/mol. The Morgan fingerprint density at radius 2 is 2.07 bits per heavy atom. The number of rotatable bonds is 9. The fourth-order valence-corrected chi connectivity index (χ4v) is 3.58. The summed E-state index contributed by atoms with van der Waals surface area (Å²) in [6, 6.07) is 11.3. The quantitative estimate of drug-likeness (QED) is 0.486. The summed E-state index contributed by atoms with van der Waals surface area (Å²) in [5, 5.41) is 11.7. The van der Waals surface area contributed by atoms with Crippen LogP contribution in [-0.2, 0) is 17.9 Å². The Morgan fingerprint density at radius 3 is 2.80 bits per heavy atom. The van der Waals surface area contributed by atoms with Crippen molar-refractivity contribution in [2.24, 2.45) is 0 Å². The van der Waals surface area contributed by atoms with Gasteiger partial charge in [-0.05, 0) is 31.2 Å². The van der Waals surface area contributed by atoms with Crippen molar-refractivity contribution in [2.45, 2.75) is 25.2 Å². The van der Waals surface area contributed by atoms with Gasteiger partial charge in [0.1, 0.15) is 23.9 Å². The Bertz CT molecular complexity index is 1030. The highest BCUT2D eigenvalue weighted by molar-refractivity contribution is 7.99. The fourth-order valence-electron chi connectivity index (χ4n) is 2.59. The molecule has 158 valence electrons. The van der Waals surface area contributed by atoms with Crippen molar-refractivity contribution < 1.29 is 18.7 Å². The van der Waals surface area contributed by atoms with Gasteiger partial charge in [-0.2, -0.15) is 0 Å². The molecular weight excluding hydrogens is 431 g/mol. The normalized spacial score (nSPS) is 10.7. The van der Waals surface area contributed by atoms with Gasteiger partial charge in [0, 0.05) is 24.4 Å². The lowest BCUT2D eigenvalue weighted by Crippen LogP contribution is -2.15. The van der Waals surface area contributed by atoms with E-state index < -0.39 is 5.82 Å². The lowest BCUT2D eigenvalue weighted by molar-refractivity contribution is -0.113. The number of methoxy groups -OCH3 is 1. The highest BCUT2D eigenvalue weighted by Crippen LogP contribution is 2.23. The van der Waals surface area contributed by atoms with Crippen LogP contribution in [0.3, 0.4) is 0 Å². The molecule has 7 nitrogen and oxygen atoms in total. The zero-order chi connectivity index (χ0) is 21.5. The third kappa shape index (κ3) is 5.64. The Morgan fingerprint density at radius 1 is 1.23 bits per heavy atom. The number of amides is 1. The van der Waals surface area contributed by atoms with E-state index in [4.69, 9.17) is 21.1 Å². The van der Waals surface area contributed by atoms with Crippen LogP contribution in [0.5, 0.6) is 11.5 Å². The highest BCUT2D eigenvalue weighted by Gasteiger charge is 2.14. The van der Waals surface area contributed by atoms with E-state index in [1.807, 2.05) is 11.5 Å². The Labute approximate surface area is 182 Å². The molecule has 1 N–H and O–H groups in total. The fraction of sp³-hybridized carbons (Fsp3) is 0.250. The topological polar surface area (TPSA) is 78.3 Å². The minimum absolute atomic E-state index is 0.0113. The van der Waals surface area contributed by atoms with Crippen LogP contribution >= 0.6 is 23.4 Å². The molecule has 0 saturated heterocycles. The summed E-state index contributed by atoms with van der Waals surface area (Å²) in [7, 11) is 1.57. The number of carbonyl (C=O) groups excluding carboxylic acids is 1. The summed E-state index contributed by atoms with van der Waals surface area (Å²) in [5.41, 5.74) is 0.656. The van der Waals surface area contributed by atoms with Crippen LogP contribution < -0.4 is 14.8 Å². The third-order valence-electron chi connectivity index (χ3n) is 4.05. The lowest BCUT2D eigenvalue weighted by atomic mass is 10.3. The molecule has 0 fully saturated rings. The Kier molecular flexibility index (Phi) is 7.53. The van der Waals surface area contributed by atoms with Gasteiger partial charge in [0.25, 0.3) is 0 Å². The van der Waals surface area contributed by atoms with Crippen LogP contribution in [0, 0.1) is 5.82 Å². The summed E-state index contributed by atoms with van der Waals surface area (Å²) >= 11 is 7.04. The molecule has 0 saturated carbocycles. The standard InChI is InChI=1S/C20H20ClFN4O3S/c1-3-26-18(11-29-15-7-8-17(22)16(21)10-15)24-25-20(26)30-12-19(27)23-13-5-4-6-14(9-13)28-2/h4-10H,3,11-12H2,1-2H3,(H,23,27). The summed E-state index contributed by atoms with van der Waals surface area (Å²) in [6.45, 7) is 2.69. The predicted octanol–water partition coefficient (Wildman–Crippen LogP) is 4.41. The molecule has 0 radical (unpaired) electrons. The first-order chi connectivity index (χ1) is 14.5. The zero-order valence-corrected chi connectivity index (χ0v) is 18.0. The second-order valence-electron chi connectivity index (χ2n) is 6.08. The van der Waals surface area contributed by atoms with Gasteiger partial charge in [-0.15, -0.1) is 10.2 Å². The van der Waals surface area contributed by atoms with Crippen molar-refractivity contribution in [3.05, 3.63) is 59.1 Å². The van der Waals surface area contributed by atoms with E-state index in [-0.39, 0.29) is 23.3 Å². The predicted molar refractivity (Wildman–Crippen MR) is 114 cm³/mol. The molecule has 0 atom stereocenters. The van der Waals surface area contributed by atoms with Crippen LogP contribution in [0.1, 0.15) is 12.7 Å². The van der Waals surface area contributed by atoms with Gasteiger partial charge in [0.2, 0.25) is 5.91 Å². The highest BCUT2D eigenvalue weighted by atomic mass is 35.5. The van der Waals surface area contributed by atoms with Gasteiger partial charge in [0.05, 0.1) is 17.9 Å². The molecule has 0 aliphatic heterocycles. The zero-order valence-electron chi connectivity index (χ0n) is 16.4. The second-order valence-corrected chi connectivity index (χ2v) is 7.43. The number of aromatic nitrogens is 3. The number of nitrogens with zero attached hydrogens (tertiary/aromatic N) is 3. The van der Waals surface area contributed by atoms with Crippen LogP contribution in [0.4, 0.5) is 10.1 Å². The third-order valence-corrected chi connectivity index (χ3v) is 5.31. The molecule has 0 spiro atoms. The molecule has 10 heteroatoms. The largest absolute Gasteiger partial charge is 0.497 e. The first-order valence-electron chi connectivity index (χ1n) is 9.06. The number of benzene rings is 2. The summed E-state index contributed by atoms with van der Waals surface area (Å²) < 4.78 is 25.9. The molecule has 3 rings (SSSR count). The van der Waals surface area contributed by atoms with Gasteiger partial charge < -0.3 is 19.4 Å². The van der Waals surface area contributed by atoms with Gasteiger partial charge in [-0.25, -0.2) is 4.39 Å². The summed E-state index contributed by atoms with van der Waals surface area (Å²) in [4.78, 5) is 12.3. The molecule has 3 aromatic rings. The van der Waals surface area contributed by atoms with E-state index in [1.165, 1.54) is 30.0 Å². The van der Waals surface area contributed by atoms with Crippen LogP contribution in [0.2, 0.25) is 5.02 Å². The van der Waals surface area contributed by atoms with E-state index in [0.29, 0.717) is 34.7 Å². The molecule has 0 aliphatic rings. The number of ether oxygens (including phenoxy) is 2. The maximum Gasteiger partial charge on any atom is 0.234 e. The van der Waals surface area contributed by atoms with Crippen molar-refractivity contribution >= 4 is 35.0 Å². The van der Waals surface area contributed by atoms with Gasteiger partial charge in [0.15, 0.2) is 11.0 Å². The molecule has 2 aromatic carbocycles. The van der Waals surface area contributed by atoms with Gasteiger partial charge in [-0.1, -0.05) is 29.4 Å². The van der Waals surface area contributed by atoms with Crippen LogP contribution in [-0.4, -0.2) is 33.5 Å². The number of anilines is 1. The van der Waals surface area contributed by atoms with E-state index in [0.717, 1.165) is 0 Å². The second kappa shape index (κ2) is 10.3. The van der Waals surface area contributed by atoms with E-state index in [1.54, 1.807) is 31.4 Å². The summed E-state index contributed by atoms with van der Waals surface area (Å²) in [5.74, 6) is 1.18. The van der Waals surface area contributed by atoms with Crippen LogP contribution in [0.15, 0.2) is 47.6 Å². The van der Waals surface area contributed by atoms with Crippen LogP contribution in [0.25, 0.3) is 0 Å². The van der Waals surface area contributed by atoms with Gasteiger partial charge in [-0.3, -0.25) is 4.79 Å². The molecule has 1 heterocycles. The maximum atomic E-state index is 13.3. The Balaban J connectivity index is 1.58. The molecule has 0 unspecified atom stereocenters. The number of halogens is 2. The number of carbonyl (C=O) groups is 1. The van der Waals surface area contributed by atoms with Crippen molar-refractivity contribution in [3.8, 4) is 11.5 Å². The van der Waals surface area contributed by atoms with E-state index in [9.17, 15) is 9.18 Å². The molecule has 30 heavy (non-hydrogen) atoms. The van der Waals surface area contributed by atoms with E-state index in [2.05, 4.69) is 15.5 Å². The number of nitrogens with one attached hydrogen (secondary N) is 1. The number of thioether (sulfide) groups is 1. The van der Waals surface area contributed by atoms with Crippen molar-refractivity contribution in [1.29, 1.82) is 0 Å². The number of hydrogen-bond acceptors (Lipinski definition) is 6. The molecular formula is C20H20ClFN4O3S. The minimum atomic E-state index is -0.508. The lowest BCUT2D eigenvalue weighted by Gasteiger charge is -2.09. The SMILES string of the molecule is CCn1c(COc2ccc(F)c(Cl)c2)nnc1SCC(=O)Nc1cccc(OC)c1. The smallest absolute Gasteiger partial charge is 0.234 e.